The molecular weight excluding hydrogens is 472 g/mol. The number of benzene rings is 2. The highest BCUT2D eigenvalue weighted by atomic mass is 35.5. The molecule has 0 radical (unpaired) electrons. The molecule has 33 heavy (non-hydrogen) atoms. The Bertz CT molecular complexity index is 1380. The fraction of sp³-hybridized carbons (Fsp3) is 0.227. The van der Waals surface area contributed by atoms with Gasteiger partial charge in [0.2, 0.25) is 15.9 Å². The van der Waals surface area contributed by atoms with Crippen LogP contribution in [0.5, 0.6) is 0 Å². The number of amides is 1. The number of ether oxygens (including phenoxy) is 1. The lowest BCUT2D eigenvalue weighted by Crippen LogP contribution is -2.39. The van der Waals surface area contributed by atoms with E-state index in [1.54, 1.807) is 19.1 Å². The molecule has 2 aromatic carbocycles. The van der Waals surface area contributed by atoms with Crippen LogP contribution < -0.4 is 15.7 Å². The number of carbonyl (C=O) groups is 2. The van der Waals surface area contributed by atoms with Gasteiger partial charge in [-0.1, -0.05) is 11.6 Å². The van der Waals surface area contributed by atoms with Crippen LogP contribution in [0.1, 0.15) is 25.0 Å². The molecule has 174 valence electrons. The third-order valence-corrected chi connectivity index (χ3v) is 6.61. The second-order valence-electron chi connectivity index (χ2n) is 7.34. The number of rotatable bonds is 7. The van der Waals surface area contributed by atoms with Crippen LogP contribution in [0.4, 0.5) is 5.69 Å². The van der Waals surface area contributed by atoms with E-state index < -0.39 is 27.7 Å². The van der Waals surface area contributed by atoms with E-state index in [0.717, 1.165) is 5.56 Å². The summed E-state index contributed by atoms with van der Waals surface area (Å²) in [6.45, 7) is 4.15. The molecule has 0 aliphatic carbocycles. The van der Waals surface area contributed by atoms with Gasteiger partial charge in [-0.3, -0.25) is 9.59 Å². The molecule has 3 aromatic rings. The third kappa shape index (κ3) is 5.98. The predicted octanol–water partition coefficient (Wildman–Crippen LogP) is 3.12. The highest BCUT2D eigenvalue weighted by molar-refractivity contribution is 7.89. The smallest absolute Gasteiger partial charge is 0.336 e. The van der Waals surface area contributed by atoms with E-state index in [-0.39, 0.29) is 17.4 Å². The van der Waals surface area contributed by atoms with Crippen molar-refractivity contribution < 1.29 is 27.2 Å². The highest BCUT2D eigenvalue weighted by Gasteiger charge is 2.23. The maximum Gasteiger partial charge on any atom is 0.336 e. The Morgan fingerprint density at radius 3 is 2.45 bits per heavy atom. The zero-order chi connectivity index (χ0) is 24.3. The summed E-state index contributed by atoms with van der Waals surface area (Å²) in [5.74, 6) is -1.13. The van der Waals surface area contributed by atoms with Gasteiger partial charge in [0.15, 0.2) is 0 Å². The SMILES string of the molecule is CC(=O)Nc1ccc(S(=O)(=O)N[C@@H](C)C(=O)OCc2cc(=O)oc3cc(C)c(Cl)cc23)cc1. The molecule has 0 saturated heterocycles. The number of nitrogens with one attached hydrogen (secondary N) is 2. The Kier molecular flexibility index (Phi) is 7.21. The molecule has 2 N–H and O–H groups in total. The average Bonchev–Trinajstić information content (AvgIpc) is 2.72. The van der Waals surface area contributed by atoms with Crippen LogP contribution in [0.2, 0.25) is 5.02 Å². The highest BCUT2D eigenvalue weighted by Crippen LogP contribution is 2.25. The molecule has 0 saturated carbocycles. The lowest BCUT2D eigenvalue weighted by Gasteiger charge is -2.15. The molecule has 3 rings (SSSR count). The number of hydrogen-bond donors (Lipinski definition) is 2. The monoisotopic (exact) mass is 492 g/mol. The molecule has 0 spiro atoms. The van der Waals surface area contributed by atoms with E-state index in [1.807, 2.05) is 0 Å². The van der Waals surface area contributed by atoms with Crippen LogP contribution in [0.25, 0.3) is 11.0 Å². The van der Waals surface area contributed by atoms with Gasteiger partial charge in [0.05, 0.1) is 4.90 Å². The second kappa shape index (κ2) is 9.74. The van der Waals surface area contributed by atoms with Gasteiger partial charge in [0.25, 0.3) is 0 Å². The Balaban J connectivity index is 1.70. The lowest BCUT2D eigenvalue weighted by atomic mass is 10.1. The first-order chi connectivity index (χ1) is 15.5. The fourth-order valence-corrected chi connectivity index (χ4v) is 4.37. The number of sulfonamides is 1. The van der Waals surface area contributed by atoms with Gasteiger partial charge >= 0.3 is 11.6 Å². The Morgan fingerprint density at radius 2 is 1.82 bits per heavy atom. The summed E-state index contributed by atoms with van der Waals surface area (Å²) in [5, 5.41) is 3.49. The van der Waals surface area contributed by atoms with E-state index in [0.29, 0.717) is 27.2 Å². The van der Waals surface area contributed by atoms with Crippen LogP contribution in [0.15, 0.2) is 56.6 Å². The van der Waals surface area contributed by atoms with Crippen molar-refractivity contribution in [3.05, 3.63) is 69.0 Å². The zero-order valence-corrected chi connectivity index (χ0v) is 19.5. The number of anilines is 1. The first kappa shape index (κ1) is 24.4. The summed E-state index contributed by atoms with van der Waals surface area (Å²) in [5.41, 5.74) is 1.21. The Labute approximate surface area is 194 Å². The third-order valence-electron chi connectivity index (χ3n) is 4.65. The summed E-state index contributed by atoms with van der Waals surface area (Å²) in [6.07, 6.45) is 0. The van der Waals surface area contributed by atoms with E-state index in [4.69, 9.17) is 20.8 Å². The summed E-state index contributed by atoms with van der Waals surface area (Å²) in [4.78, 5) is 35.3. The van der Waals surface area contributed by atoms with Crippen molar-refractivity contribution in [3.63, 3.8) is 0 Å². The van der Waals surface area contributed by atoms with Gasteiger partial charge in [-0.15, -0.1) is 0 Å². The predicted molar refractivity (Wildman–Crippen MR) is 123 cm³/mol. The van der Waals surface area contributed by atoms with Gasteiger partial charge < -0.3 is 14.5 Å². The topological polar surface area (TPSA) is 132 Å². The Hall–Kier alpha value is -3.21. The number of carbonyl (C=O) groups excluding carboxylic acids is 2. The van der Waals surface area contributed by atoms with Crippen LogP contribution in [0, 0.1) is 6.92 Å². The van der Waals surface area contributed by atoms with Gasteiger partial charge in [0.1, 0.15) is 18.2 Å². The van der Waals surface area contributed by atoms with Gasteiger partial charge in [-0.05, 0) is 55.8 Å². The van der Waals surface area contributed by atoms with Crippen molar-refractivity contribution in [2.24, 2.45) is 0 Å². The van der Waals surface area contributed by atoms with Crippen molar-refractivity contribution in [1.29, 1.82) is 0 Å². The van der Waals surface area contributed by atoms with Gasteiger partial charge in [-0.2, -0.15) is 4.72 Å². The van der Waals surface area contributed by atoms with Crippen LogP contribution >= 0.6 is 11.6 Å². The van der Waals surface area contributed by atoms with Crippen LogP contribution in [0.3, 0.4) is 0 Å². The van der Waals surface area contributed by atoms with Crippen molar-refractivity contribution in [2.45, 2.75) is 38.3 Å². The Morgan fingerprint density at radius 1 is 1.15 bits per heavy atom. The maximum absolute atomic E-state index is 12.6. The van der Waals surface area contributed by atoms with Crippen molar-refractivity contribution in [3.8, 4) is 0 Å². The summed E-state index contributed by atoms with van der Waals surface area (Å²) in [6, 6.07) is 8.65. The molecule has 0 fully saturated rings. The molecule has 11 heteroatoms. The molecule has 1 atom stereocenters. The van der Waals surface area contributed by atoms with Gasteiger partial charge in [-0.25, -0.2) is 13.2 Å². The number of hydrogen-bond acceptors (Lipinski definition) is 7. The van der Waals surface area contributed by atoms with Crippen LogP contribution in [-0.2, 0) is 31.0 Å². The molecule has 9 nitrogen and oxygen atoms in total. The molecule has 1 heterocycles. The summed E-state index contributed by atoms with van der Waals surface area (Å²) < 4.78 is 37.8. The first-order valence-corrected chi connectivity index (χ1v) is 11.6. The average molecular weight is 493 g/mol. The maximum atomic E-state index is 12.6. The lowest BCUT2D eigenvalue weighted by molar-refractivity contribution is -0.146. The quantitative estimate of drug-likeness (QED) is 0.382. The number of fused-ring (bicyclic) bond motifs is 1. The molecule has 1 aromatic heterocycles. The summed E-state index contributed by atoms with van der Waals surface area (Å²) in [7, 11) is -4.03. The minimum atomic E-state index is -4.03. The van der Waals surface area contributed by atoms with E-state index >= 15 is 0 Å². The zero-order valence-electron chi connectivity index (χ0n) is 18.0. The fourth-order valence-electron chi connectivity index (χ4n) is 3.01. The minimum absolute atomic E-state index is 0.0899. The number of halogens is 1. The minimum Gasteiger partial charge on any atom is -0.460 e. The molecular formula is C22H21ClN2O7S. The second-order valence-corrected chi connectivity index (χ2v) is 9.47. The summed E-state index contributed by atoms with van der Waals surface area (Å²) >= 11 is 6.15. The first-order valence-electron chi connectivity index (χ1n) is 9.76. The van der Waals surface area contributed by atoms with E-state index in [1.165, 1.54) is 44.2 Å². The van der Waals surface area contributed by atoms with E-state index in [9.17, 15) is 22.8 Å². The van der Waals surface area contributed by atoms with E-state index in [2.05, 4.69) is 10.0 Å². The van der Waals surface area contributed by atoms with Crippen molar-refractivity contribution in [1.82, 2.24) is 4.72 Å². The van der Waals surface area contributed by atoms with Gasteiger partial charge in [0, 0.05) is 34.6 Å². The van der Waals surface area contributed by atoms with Crippen LogP contribution in [-0.4, -0.2) is 26.3 Å². The number of aryl methyl sites for hydroxylation is 1. The largest absolute Gasteiger partial charge is 0.460 e. The molecule has 0 aliphatic heterocycles. The molecule has 0 aliphatic rings. The molecule has 1 amide bonds. The normalized spacial score (nSPS) is 12.4. The van der Waals surface area contributed by atoms with Crippen molar-refractivity contribution >= 4 is 50.2 Å². The number of esters is 1. The van der Waals surface area contributed by atoms with Crippen molar-refractivity contribution in [2.75, 3.05) is 5.32 Å². The molecule has 0 unspecified atom stereocenters. The molecule has 0 bridgehead atoms. The standard InChI is InChI=1S/C22H21ClN2O7S/c1-12-8-20-18(10-19(12)23)15(9-21(27)32-20)11-31-22(28)13(2)25-33(29,30)17-6-4-16(5-7-17)24-14(3)26/h4-10,13,25H,11H2,1-3H3,(H,24,26)/t13-/m0/s1.